The second kappa shape index (κ2) is 11.0. The predicted molar refractivity (Wildman–Crippen MR) is 100 cm³/mol. The number of aliphatic imine (C=N–C) groups is 1. The van der Waals surface area contributed by atoms with Gasteiger partial charge in [0.15, 0.2) is 5.96 Å². The Labute approximate surface area is 153 Å². The first kappa shape index (κ1) is 19.7. The van der Waals surface area contributed by atoms with Gasteiger partial charge in [-0.3, -0.25) is 4.99 Å². The number of nitrogens with zero attached hydrogens (tertiary/aromatic N) is 2. The lowest BCUT2D eigenvalue weighted by molar-refractivity contribution is 0.145. The van der Waals surface area contributed by atoms with Gasteiger partial charge in [0, 0.05) is 45.6 Å². The summed E-state index contributed by atoms with van der Waals surface area (Å²) in [4.78, 5) is 8.44. The molecule has 0 amide bonds. The zero-order valence-electron chi connectivity index (χ0n) is 15.2. The van der Waals surface area contributed by atoms with E-state index in [1.807, 2.05) is 13.0 Å². The molecule has 2 N–H and O–H groups in total. The Bertz CT molecular complexity index is 675. The number of aromatic nitrogens is 1. The molecule has 0 fully saturated rings. The summed E-state index contributed by atoms with van der Waals surface area (Å²) in [6.45, 7) is 4.84. The maximum atomic E-state index is 12.9. The molecule has 1 heterocycles. The molecule has 1 aromatic carbocycles. The van der Waals surface area contributed by atoms with Crippen molar-refractivity contribution >= 4 is 5.96 Å². The third kappa shape index (κ3) is 7.06. The first-order valence-corrected chi connectivity index (χ1v) is 8.62. The van der Waals surface area contributed by atoms with Gasteiger partial charge in [-0.15, -0.1) is 0 Å². The summed E-state index contributed by atoms with van der Waals surface area (Å²) in [5.41, 5.74) is 0.994. The summed E-state index contributed by atoms with van der Waals surface area (Å²) in [6, 6.07) is 9.52. The van der Waals surface area contributed by atoms with Crippen LogP contribution in [0.15, 0.2) is 47.6 Å². The molecule has 0 saturated carbocycles. The standard InChI is InChI=1S/C19H25FN4O2/c1-3-25-12-4-11-22-19(21-2)24-14-15-5-10-18(23-13-15)26-17-8-6-16(20)7-9-17/h5-10,13H,3-4,11-12,14H2,1-2H3,(H2,21,22,24). The van der Waals surface area contributed by atoms with Crippen LogP contribution in [0.5, 0.6) is 11.6 Å². The number of halogens is 1. The van der Waals surface area contributed by atoms with E-state index in [2.05, 4.69) is 20.6 Å². The van der Waals surface area contributed by atoms with Crippen molar-refractivity contribution in [2.24, 2.45) is 4.99 Å². The van der Waals surface area contributed by atoms with Gasteiger partial charge in [-0.25, -0.2) is 9.37 Å². The predicted octanol–water partition coefficient (Wildman–Crippen LogP) is 3.10. The molecule has 0 bridgehead atoms. The van der Waals surface area contributed by atoms with Gasteiger partial charge < -0.3 is 20.1 Å². The number of nitrogens with one attached hydrogen (secondary N) is 2. The molecule has 6 nitrogen and oxygen atoms in total. The highest BCUT2D eigenvalue weighted by molar-refractivity contribution is 5.79. The summed E-state index contributed by atoms with van der Waals surface area (Å²) < 4.78 is 23.8. The molecular formula is C19H25FN4O2. The minimum Gasteiger partial charge on any atom is -0.439 e. The van der Waals surface area contributed by atoms with Gasteiger partial charge in [0.1, 0.15) is 11.6 Å². The minimum absolute atomic E-state index is 0.299. The zero-order valence-corrected chi connectivity index (χ0v) is 15.2. The van der Waals surface area contributed by atoms with Gasteiger partial charge in [-0.05, 0) is 43.2 Å². The van der Waals surface area contributed by atoms with E-state index in [-0.39, 0.29) is 5.82 Å². The van der Waals surface area contributed by atoms with Crippen LogP contribution >= 0.6 is 0 Å². The molecule has 2 aromatic rings. The van der Waals surface area contributed by atoms with Gasteiger partial charge in [0.25, 0.3) is 0 Å². The fourth-order valence-corrected chi connectivity index (χ4v) is 2.13. The number of hydrogen-bond donors (Lipinski definition) is 2. The van der Waals surface area contributed by atoms with Crippen molar-refractivity contribution in [3.63, 3.8) is 0 Å². The summed E-state index contributed by atoms with van der Waals surface area (Å²) in [5.74, 6) is 1.43. The zero-order chi connectivity index (χ0) is 18.6. The van der Waals surface area contributed by atoms with Crippen molar-refractivity contribution in [3.8, 4) is 11.6 Å². The van der Waals surface area contributed by atoms with Crippen LogP contribution in [0.2, 0.25) is 0 Å². The van der Waals surface area contributed by atoms with Crippen LogP contribution in [0.4, 0.5) is 4.39 Å². The summed E-state index contributed by atoms with van der Waals surface area (Å²) in [6.07, 6.45) is 2.65. The van der Waals surface area contributed by atoms with Crippen LogP contribution in [-0.4, -0.2) is 37.7 Å². The van der Waals surface area contributed by atoms with Crippen molar-refractivity contribution in [2.45, 2.75) is 19.9 Å². The van der Waals surface area contributed by atoms with Gasteiger partial charge in [-0.1, -0.05) is 6.07 Å². The smallest absolute Gasteiger partial charge is 0.219 e. The number of hydrogen-bond acceptors (Lipinski definition) is 4. The van der Waals surface area contributed by atoms with Crippen LogP contribution in [0.3, 0.4) is 0 Å². The van der Waals surface area contributed by atoms with E-state index in [0.29, 0.717) is 18.2 Å². The number of pyridine rings is 1. The maximum Gasteiger partial charge on any atom is 0.219 e. The molecule has 7 heteroatoms. The normalized spacial score (nSPS) is 11.3. The molecule has 0 aliphatic heterocycles. The lowest BCUT2D eigenvalue weighted by Gasteiger charge is -2.12. The topological polar surface area (TPSA) is 67.8 Å². The van der Waals surface area contributed by atoms with Crippen LogP contribution in [0.25, 0.3) is 0 Å². The average molecular weight is 360 g/mol. The molecule has 26 heavy (non-hydrogen) atoms. The molecular weight excluding hydrogens is 335 g/mol. The third-order valence-electron chi connectivity index (χ3n) is 3.48. The second-order valence-corrected chi connectivity index (χ2v) is 5.46. The molecule has 0 unspecified atom stereocenters. The highest BCUT2D eigenvalue weighted by atomic mass is 19.1. The van der Waals surface area contributed by atoms with E-state index in [4.69, 9.17) is 9.47 Å². The molecule has 2 rings (SSSR count). The Morgan fingerprint density at radius 2 is 1.96 bits per heavy atom. The Kier molecular flexibility index (Phi) is 8.35. The van der Waals surface area contributed by atoms with Crippen molar-refractivity contribution in [3.05, 3.63) is 54.0 Å². The van der Waals surface area contributed by atoms with Crippen molar-refractivity contribution < 1.29 is 13.9 Å². The summed E-state index contributed by atoms with van der Waals surface area (Å²) in [5, 5.41) is 6.46. The average Bonchev–Trinajstić information content (AvgIpc) is 2.67. The monoisotopic (exact) mass is 360 g/mol. The van der Waals surface area contributed by atoms with Crippen molar-refractivity contribution in [1.29, 1.82) is 0 Å². The van der Waals surface area contributed by atoms with Gasteiger partial charge in [0.2, 0.25) is 5.88 Å². The fourth-order valence-electron chi connectivity index (χ4n) is 2.13. The van der Waals surface area contributed by atoms with Crippen LogP contribution < -0.4 is 15.4 Å². The molecule has 0 spiro atoms. The van der Waals surface area contributed by atoms with Gasteiger partial charge in [-0.2, -0.15) is 0 Å². The summed E-state index contributed by atoms with van der Waals surface area (Å²) in [7, 11) is 1.73. The Morgan fingerprint density at radius 3 is 2.62 bits per heavy atom. The van der Waals surface area contributed by atoms with Gasteiger partial charge in [0.05, 0.1) is 0 Å². The number of guanidine groups is 1. The van der Waals surface area contributed by atoms with E-state index < -0.39 is 0 Å². The highest BCUT2D eigenvalue weighted by Crippen LogP contribution is 2.19. The van der Waals surface area contributed by atoms with E-state index in [1.54, 1.807) is 31.4 Å². The quantitative estimate of drug-likeness (QED) is 0.409. The van der Waals surface area contributed by atoms with Crippen LogP contribution in [0.1, 0.15) is 18.9 Å². The lowest BCUT2D eigenvalue weighted by atomic mass is 10.3. The van der Waals surface area contributed by atoms with Crippen molar-refractivity contribution in [1.82, 2.24) is 15.6 Å². The maximum absolute atomic E-state index is 12.9. The molecule has 1 aromatic heterocycles. The number of benzene rings is 1. The fraction of sp³-hybridized carbons (Fsp3) is 0.368. The van der Waals surface area contributed by atoms with E-state index in [9.17, 15) is 4.39 Å². The lowest BCUT2D eigenvalue weighted by Crippen LogP contribution is -2.37. The second-order valence-electron chi connectivity index (χ2n) is 5.46. The molecule has 140 valence electrons. The van der Waals surface area contributed by atoms with Crippen molar-refractivity contribution in [2.75, 3.05) is 26.8 Å². The minimum atomic E-state index is -0.299. The molecule has 0 saturated heterocycles. The molecule has 0 aliphatic carbocycles. The number of rotatable bonds is 9. The first-order chi connectivity index (χ1) is 12.7. The SMILES string of the molecule is CCOCCCNC(=NC)NCc1ccc(Oc2ccc(F)cc2)nc1. The largest absolute Gasteiger partial charge is 0.439 e. The van der Waals surface area contributed by atoms with E-state index in [1.165, 1.54) is 12.1 Å². The third-order valence-corrected chi connectivity index (χ3v) is 3.48. The number of ether oxygens (including phenoxy) is 2. The van der Waals surface area contributed by atoms with E-state index in [0.717, 1.165) is 37.7 Å². The van der Waals surface area contributed by atoms with Gasteiger partial charge >= 0.3 is 0 Å². The first-order valence-electron chi connectivity index (χ1n) is 8.62. The Morgan fingerprint density at radius 1 is 1.15 bits per heavy atom. The van der Waals surface area contributed by atoms with Crippen LogP contribution in [-0.2, 0) is 11.3 Å². The highest BCUT2D eigenvalue weighted by Gasteiger charge is 2.02. The molecule has 0 aliphatic rings. The Balaban J connectivity index is 1.76. The van der Waals surface area contributed by atoms with Crippen LogP contribution in [0, 0.1) is 5.82 Å². The van der Waals surface area contributed by atoms with E-state index >= 15 is 0 Å². The summed E-state index contributed by atoms with van der Waals surface area (Å²) >= 11 is 0. The molecule has 0 atom stereocenters. The molecule has 0 radical (unpaired) electrons. The Hall–Kier alpha value is -2.67.